The van der Waals surface area contributed by atoms with Crippen molar-refractivity contribution in [1.82, 2.24) is 9.36 Å². The minimum atomic E-state index is -3.91. The molecule has 20 heavy (non-hydrogen) atoms. The maximum absolute atomic E-state index is 11.9. The van der Waals surface area contributed by atoms with Crippen LogP contribution in [-0.4, -0.2) is 35.9 Å². The lowest BCUT2D eigenvalue weighted by Gasteiger charge is -1.97. The quantitative estimate of drug-likeness (QED) is 0.683. The van der Waals surface area contributed by atoms with Gasteiger partial charge in [-0.05, 0) is 24.3 Å². The van der Waals surface area contributed by atoms with Gasteiger partial charge in [-0.15, -0.1) is 4.40 Å². The van der Waals surface area contributed by atoms with Crippen molar-refractivity contribution in [2.45, 2.75) is 11.3 Å². The summed E-state index contributed by atoms with van der Waals surface area (Å²) in [5, 5.41) is 9.20. The van der Waals surface area contributed by atoms with Gasteiger partial charge in [-0.25, -0.2) is 4.98 Å². The Bertz CT molecular complexity index is 735. The number of hydrogen-bond acceptors (Lipinski definition) is 7. The summed E-state index contributed by atoms with van der Waals surface area (Å²) in [6.45, 7) is 1.43. The number of phenolic OH excluding ortho intramolecular Hbond substituents is 1. The molecule has 2 rings (SSSR count). The number of ether oxygens (including phenoxy) is 1. The molecule has 0 radical (unpaired) electrons. The minimum absolute atomic E-state index is 0.0198. The van der Waals surface area contributed by atoms with Gasteiger partial charge >= 0.3 is 10.0 Å². The van der Waals surface area contributed by atoms with Crippen molar-refractivity contribution >= 4 is 27.5 Å². The van der Waals surface area contributed by atoms with Crippen LogP contribution in [0.15, 0.2) is 33.0 Å². The lowest BCUT2D eigenvalue weighted by atomic mass is 10.2. The first kappa shape index (κ1) is 14.4. The molecule has 0 unspecified atom stereocenters. The predicted molar refractivity (Wildman–Crippen MR) is 74.3 cm³/mol. The van der Waals surface area contributed by atoms with Crippen LogP contribution >= 0.6 is 11.5 Å². The second-order valence-corrected chi connectivity index (χ2v) is 6.25. The molecule has 0 fully saturated rings. The van der Waals surface area contributed by atoms with Crippen molar-refractivity contribution in [2.24, 2.45) is 4.40 Å². The van der Waals surface area contributed by atoms with Crippen molar-refractivity contribution in [3.05, 3.63) is 24.3 Å². The van der Waals surface area contributed by atoms with E-state index in [-0.39, 0.29) is 21.8 Å². The summed E-state index contributed by atoms with van der Waals surface area (Å²) in [5.74, 6) is 0.391. The molecule has 1 heterocycles. The zero-order valence-electron chi connectivity index (χ0n) is 10.6. The lowest BCUT2D eigenvalue weighted by Crippen LogP contribution is -2.03. The summed E-state index contributed by atoms with van der Waals surface area (Å²) in [5.41, 5.74) is 0.605. The molecule has 9 heteroatoms. The molecule has 0 saturated carbocycles. The topological polar surface area (TPSA) is 102 Å². The summed E-state index contributed by atoms with van der Waals surface area (Å²) in [4.78, 5) is 3.94. The van der Waals surface area contributed by atoms with E-state index in [9.17, 15) is 13.5 Å². The summed E-state index contributed by atoms with van der Waals surface area (Å²) in [6, 6.07) is 6.13. The van der Waals surface area contributed by atoms with E-state index in [2.05, 4.69) is 13.8 Å². The molecule has 0 bridgehead atoms. The largest absolute Gasteiger partial charge is 0.508 e. The van der Waals surface area contributed by atoms with Gasteiger partial charge in [-0.3, -0.25) is 0 Å². The zero-order valence-corrected chi connectivity index (χ0v) is 12.3. The first-order chi connectivity index (χ1) is 9.42. The first-order valence-electron chi connectivity index (χ1n) is 5.41. The minimum Gasteiger partial charge on any atom is -0.508 e. The number of methoxy groups -OCH3 is 1. The van der Waals surface area contributed by atoms with Gasteiger partial charge in [0.25, 0.3) is 4.34 Å². The number of phenols is 1. The maximum atomic E-state index is 11.9. The second kappa shape index (κ2) is 5.55. The van der Waals surface area contributed by atoms with Gasteiger partial charge in [-0.2, -0.15) is 12.8 Å². The fourth-order valence-electron chi connectivity index (χ4n) is 1.29. The molecule has 0 aliphatic carbocycles. The number of sulfonamides is 1. The second-order valence-electron chi connectivity index (χ2n) is 3.72. The smallest absolute Gasteiger partial charge is 0.314 e. The predicted octanol–water partition coefficient (Wildman–Crippen LogP) is 1.66. The van der Waals surface area contributed by atoms with Crippen LogP contribution < -0.4 is 0 Å². The summed E-state index contributed by atoms with van der Waals surface area (Å²) < 4.78 is 35.7. The number of aromatic nitrogens is 2. The number of nitrogens with zero attached hydrogens (tertiary/aromatic N) is 3. The molecular weight excluding hydrogens is 302 g/mol. The Morgan fingerprint density at radius 3 is 2.60 bits per heavy atom. The highest BCUT2D eigenvalue weighted by atomic mass is 32.2. The van der Waals surface area contributed by atoms with Gasteiger partial charge in [0.2, 0.25) is 0 Å². The van der Waals surface area contributed by atoms with Gasteiger partial charge in [-0.1, -0.05) is 0 Å². The van der Waals surface area contributed by atoms with Crippen LogP contribution in [0.25, 0.3) is 11.4 Å². The SMILES string of the molecule is COC(C)=NS(=O)(=O)c1nc(-c2ccc(O)cc2)ns1. The van der Waals surface area contributed by atoms with E-state index in [1.165, 1.54) is 26.2 Å². The Morgan fingerprint density at radius 1 is 1.35 bits per heavy atom. The molecule has 2 aromatic rings. The van der Waals surface area contributed by atoms with Crippen LogP contribution in [0.2, 0.25) is 0 Å². The molecule has 7 nitrogen and oxygen atoms in total. The summed E-state index contributed by atoms with van der Waals surface area (Å²) in [7, 11) is -2.58. The van der Waals surface area contributed by atoms with Gasteiger partial charge in [0.15, 0.2) is 11.7 Å². The van der Waals surface area contributed by atoms with E-state index in [4.69, 9.17) is 4.74 Å². The lowest BCUT2D eigenvalue weighted by molar-refractivity contribution is 0.401. The van der Waals surface area contributed by atoms with E-state index in [0.29, 0.717) is 5.56 Å². The summed E-state index contributed by atoms with van der Waals surface area (Å²) >= 11 is 0.734. The molecule has 0 atom stereocenters. The van der Waals surface area contributed by atoms with Crippen LogP contribution in [-0.2, 0) is 14.8 Å². The molecule has 0 saturated heterocycles. The van der Waals surface area contributed by atoms with Crippen molar-refractivity contribution in [3.8, 4) is 17.1 Å². The van der Waals surface area contributed by atoms with Crippen molar-refractivity contribution in [2.75, 3.05) is 7.11 Å². The highest BCUT2D eigenvalue weighted by molar-refractivity contribution is 7.92. The molecule has 1 aromatic heterocycles. The fraction of sp³-hybridized carbons (Fsp3) is 0.182. The van der Waals surface area contributed by atoms with Gasteiger partial charge in [0.1, 0.15) is 5.75 Å². The van der Waals surface area contributed by atoms with E-state index in [1.807, 2.05) is 0 Å². The van der Waals surface area contributed by atoms with Gasteiger partial charge in [0.05, 0.1) is 7.11 Å². The summed E-state index contributed by atoms with van der Waals surface area (Å²) in [6.07, 6.45) is 0. The van der Waals surface area contributed by atoms with Crippen LogP contribution in [0.3, 0.4) is 0 Å². The van der Waals surface area contributed by atoms with Gasteiger partial charge in [0, 0.05) is 24.0 Å². The fourth-order valence-corrected chi connectivity index (χ4v) is 3.02. The molecule has 0 spiro atoms. The Morgan fingerprint density at radius 2 is 2.00 bits per heavy atom. The van der Waals surface area contributed by atoms with Gasteiger partial charge < -0.3 is 9.84 Å². The molecule has 106 valence electrons. The zero-order chi connectivity index (χ0) is 14.8. The molecule has 1 N–H and O–H groups in total. The third-order valence-electron chi connectivity index (χ3n) is 2.30. The van der Waals surface area contributed by atoms with E-state index in [1.54, 1.807) is 12.1 Å². The normalized spacial score (nSPS) is 12.4. The third-order valence-corrected chi connectivity index (χ3v) is 4.69. The number of benzene rings is 1. The van der Waals surface area contributed by atoms with Crippen LogP contribution in [0.5, 0.6) is 5.75 Å². The van der Waals surface area contributed by atoms with Crippen LogP contribution in [0.4, 0.5) is 0 Å². The van der Waals surface area contributed by atoms with Crippen molar-refractivity contribution < 1.29 is 18.3 Å². The van der Waals surface area contributed by atoms with Crippen molar-refractivity contribution in [1.29, 1.82) is 0 Å². The molecule has 0 aliphatic rings. The number of rotatable bonds is 3. The van der Waals surface area contributed by atoms with E-state index < -0.39 is 10.0 Å². The average Bonchev–Trinajstić information content (AvgIpc) is 2.89. The van der Waals surface area contributed by atoms with Crippen LogP contribution in [0, 0.1) is 0 Å². The highest BCUT2D eigenvalue weighted by Crippen LogP contribution is 2.23. The Balaban J connectivity index is 2.36. The third kappa shape index (κ3) is 3.11. The van der Waals surface area contributed by atoms with E-state index >= 15 is 0 Å². The molecular formula is C11H11N3O4S2. The van der Waals surface area contributed by atoms with Crippen molar-refractivity contribution in [3.63, 3.8) is 0 Å². The molecule has 0 amide bonds. The molecule has 1 aromatic carbocycles. The maximum Gasteiger partial charge on any atom is 0.314 e. The Labute approximate surface area is 119 Å². The first-order valence-corrected chi connectivity index (χ1v) is 7.62. The Kier molecular flexibility index (Phi) is 4.00. The molecule has 0 aliphatic heterocycles. The monoisotopic (exact) mass is 313 g/mol. The Hall–Kier alpha value is -2.00. The average molecular weight is 313 g/mol. The van der Waals surface area contributed by atoms with Crippen LogP contribution in [0.1, 0.15) is 6.92 Å². The standard InChI is InChI=1S/C11H11N3O4S2/c1-7(18-2)14-20(16,17)11-12-10(13-19-11)8-3-5-9(15)6-4-8/h3-6,15H,1-2H3. The highest BCUT2D eigenvalue weighted by Gasteiger charge is 2.20. The van der Waals surface area contributed by atoms with E-state index in [0.717, 1.165) is 11.5 Å². The number of hydrogen-bond donors (Lipinski definition) is 1. The number of aromatic hydroxyl groups is 1.